The first-order valence-corrected chi connectivity index (χ1v) is 5.65. The molecule has 0 fully saturated rings. The van der Waals surface area contributed by atoms with E-state index in [0.717, 1.165) is 11.1 Å². The Morgan fingerprint density at radius 2 is 2.16 bits per heavy atom. The summed E-state index contributed by atoms with van der Waals surface area (Å²) in [6, 6.07) is 11.5. The van der Waals surface area contributed by atoms with Gasteiger partial charge in [0.05, 0.1) is 12.7 Å². The molecule has 0 unspecified atom stereocenters. The number of hydrogen-bond donors (Lipinski definition) is 1. The summed E-state index contributed by atoms with van der Waals surface area (Å²) in [5, 5.41) is 9.63. The third kappa shape index (κ3) is 2.33. The van der Waals surface area contributed by atoms with E-state index in [1.54, 1.807) is 24.3 Å². The molecule has 0 bridgehead atoms. The average Bonchev–Trinajstić information content (AvgIpc) is 2.37. The number of hydrogen-bond acceptors (Lipinski definition) is 3. The number of phenols is 1. The van der Waals surface area contributed by atoms with Crippen LogP contribution in [-0.2, 0) is 39.1 Å². The molecule has 93 valence electrons. The monoisotopic (exact) mass is 328 g/mol. The van der Waals surface area contributed by atoms with E-state index in [4.69, 9.17) is 4.74 Å². The van der Waals surface area contributed by atoms with Crippen molar-refractivity contribution in [3.63, 3.8) is 0 Å². The Labute approximate surface area is 136 Å². The van der Waals surface area contributed by atoms with Gasteiger partial charge in [0.2, 0.25) is 0 Å². The fraction of sp³-hybridized carbons (Fsp3) is 0.133. The van der Waals surface area contributed by atoms with Crippen molar-refractivity contribution in [2.24, 2.45) is 0 Å². The molecule has 0 aromatic heterocycles. The number of carbonyl (C=O) groups is 1. The summed E-state index contributed by atoms with van der Waals surface area (Å²) in [6.07, 6.45) is 0.585. The molecule has 1 aliphatic rings. The second-order valence-corrected chi connectivity index (χ2v) is 4.25. The van der Waals surface area contributed by atoms with Crippen LogP contribution in [0.3, 0.4) is 0 Å². The van der Waals surface area contributed by atoms with E-state index in [2.05, 4.69) is 6.07 Å². The van der Waals surface area contributed by atoms with Gasteiger partial charge in [-0.25, -0.2) is 0 Å². The van der Waals surface area contributed by atoms with Gasteiger partial charge in [0, 0.05) is 38.8 Å². The number of phenolic OH excluding ortho intramolecular Hbond substituents is 1. The fourth-order valence-corrected chi connectivity index (χ4v) is 2.37. The molecule has 0 heterocycles. The van der Waals surface area contributed by atoms with E-state index >= 15 is 0 Å². The van der Waals surface area contributed by atoms with Gasteiger partial charge in [0.15, 0.2) is 0 Å². The molecule has 0 atom stereocenters. The second kappa shape index (κ2) is 5.44. The van der Waals surface area contributed by atoms with Crippen LogP contribution in [0.1, 0.15) is 27.0 Å². The van der Waals surface area contributed by atoms with Crippen molar-refractivity contribution in [3.8, 4) is 11.5 Å². The van der Waals surface area contributed by atoms with Gasteiger partial charge >= 0.3 is 0 Å². The molecular formula is C15H11O3Y-. The van der Waals surface area contributed by atoms with Crippen LogP contribution < -0.4 is 4.74 Å². The van der Waals surface area contributed by atoms with Gasteiger partial charge in [-0.2, -0.15) is 24.3 Å². The van der Waals surface area contributed by atoms with Crippen LogP contribution in [0.4, 0.5) is 0 Å². The first kappa shape index (κ1) is 14.2. The Hall–Kier alpha value is -1.19. The van der Waals surface area contributed by atoms with Crippen LogP contribution in [0.15, 0.2) is 30.3 Å². The Morgan fingerprint density at radius 1 is 1.37 bits per heavy atom. The zero-order chi connectivity index (χ0) is 12.7. The third-order valence-electron chi connectivity index (χ3n) is 3.17. The molecular weight excluding hydrogens is 317 g/mol. The number of methoxy groups -OCH3 is 1. The first-order chi connectivity index (χ1) is 8.70. The van der Waals surface area contributed by atoms with Crippen molar-refractivity contribution in [3.05, 3.63) is 58.7 Å². The molecule has 0 saturated carbocycles. The van der Waals surface area contributed by atoms with Gasteiger partial charge in [0.25, 0.3) is 0 Å². The Balaban J connectivity index is 0.00000133. The molecule has 3 nitrogen and oxygen atoms in total. The number of ketones is 1. The summed E-state index contributed by atoms with van der Waals surface area (Å²) < 4.78 is 5.19. The smallest absolute Gasteiger partial charge is 0.143 e. The van der Waals surface area contributed by atoms with E-state index in [-0.39, 0.29) is 44.2 Å². The van der Waals surface area contributed by atoms with Gasteiger partial charge < -0.3 is 14.6 Å². The minimum atomic E-state index is -0.0695. The Bertz CT molecular complexity index is 650. The van der Waals surface area contributed by atoms with E-state index < -0.39 is 0 Å². The van der Waals surface area contributed by atoms with Gasteiger partial charge in [-0.05, 0) is 18.1 Å². The van der Waals surface area contributed by atoms with Gasteiger partial charge in [-0.15, -0.1) is 5.56 Å². The predicted molar refractivity (Wildman–Crippen MR) is 66.2 cm³/mol. The molecule has 0 spiro atoms. The maximum Gasteiger partial charge on any atom is 0.143 e. The molecule has 1 radical (unpaired) electrons. The van der Waals surface area contributed by atoms with Crippen molar-refractivity contribution in [2.45, 2.75) is 6.42 Å². The summed E-state index contributed by atoms with van der Waals surface area (Å²) in [6.45, 7) is 0. The summed E-state index contributed by atoms with van der Waals surface area (Å²) >= 11 is 0. The molecule has 0 saturated heterocycles. The van der Waals surface area contributed by atoms with Gasteiger partial charge in [-0.3, -0.25) is 0 Å². The molecule has 19 heavy (non-hydrogen) atoms. The fourth-order valence-electron chi connectivity index (χ4n) is 2.37. The topological polar surface area (TPSA) is 46.5 Å². The van der Waals surface area contributed by atoms with E-state index in [1.807, 2.05) is 0 Å². The summed E-state index contributed by atoms with van der Waals surface area (Å²) in [7, 11) is 1.50. The number of rotatable bonds is 1. The van der Waals surface area contributed by atoms with Crippen LogP contribution in [0.5, 0.6) is 11.5 Å². The van der Waals surface area contributed by atoms with Crippen LogP contribution in [0.2, 0.25) is 0 Å². The van der Waals surface area contributed by atoms with E-state index in [0.29, 0.717) is 23.3 Å². The van der Waals surface area contributed by atoms with Crippen LogP contribution >= 0.6 is 0 Å². The number of ether oxygens (including phenoxy) is 1. The standard InChI is InChI=1S/C15H11O3.Y/c1-18-13-8-11(16)7-10-6-9-4-2-3-5-12(9)15(17)14(10)13;/h2-3,5,7-8,16H,6H2,1H3;/q-1;. The predicted octanol–water partition coefficient (Wildman–Crippen LogP) is 2.33. The molecule has 2 aromatic rings. The minimum Gasteiger partial charge on any atom is -0.508 e. The zero-order valence-corrected chi connectivity index (χ0v) is 13.3. The molecule has 1 N–H and O–H groups in total. The minimum absolute atomic E-state index is 0. The molecule has 4 heteroatoms. The van der Waals surface area contributed by atoms with Gasteiger partial charge in [-0.1, -0.05) is 5.56 Å². The molecule has 1 aliphatic carbocycles. The van der Waals surface area contributed by atoms with Crippen molar-refractivity contribution in [1.29, 1.82) is 0 Å². The molecule has 2 aromatic carbocycles. The third-order valence-corrected chi connectivity index (χ3v) is 3.17. The molecule has 0 amide bonds. The second-order valence-electron chi connectivity index (χ2n) is 4.25. The Kier molecular flexibility index (Phi) is 4.07. The maximum absolute atomic E-state index is 12.4. The van der Waals surface area contributed by atoms with E-state index in [1.165, 1.54) is 13.2 Å². The zero-order valence-electron chi connectivity index (χ0n) is 10.4. The molecule has 0 aliphatic heterocycles. The van der Waals surface area contributed by atoms with Gasteiger partial charge in [0.1, 0.15) is 17.3 Å². The summed E-state index contributed by atoms with van der Waals surface area (Å²) in [5.41, 5.74) is 2.85. The largest absolute Gasteiger partial charge is 0.508 e. The van der Waals surface area contributed by atoms with Crippen molar-refractivity contribution < 1.29 is 47.3 Å². The number of aromatic hydroxyl groups is 1. The number of fused-ring (bicyclic) bond motifs is 2. The molecule has 3 rings (SSSR count). The normalized spacial score (nSPS) is 12.2. The van der Waals surface area contributed by atoms with Crippen LogP contribution in [-0.4, -0.2) is 18.0 Å². The first-order valence-electron chi connectivity index (χ1n) is 5.65. The van der Waals surface area contributed by atoms with Crippen LogP contribution in [0, 0.1) is 6.07 Å². The number of benzene rings is 2. The van der Waals surface area contributed by atoms with E-state index in [9.17, 15) is 9.90 Å². The quantitative estimate of drug-likeness (QED) is 0.698. The number of carbonyl (C=O) groups excluding carboxylic acids is 1. The van der Waals surface area contributed by atoms with Crippen molar-refractivity contribution in [2.75, 3.05) is 7.11 Å². The SMILES string of the molecule is COc1cc(O)cc2c1C(=O)c1ccc[c-]c1C2.[Y]. The summed E-state index contributed by atoms with van der Waals surface area (Å²) in [4.78, 5) is 12.4. The van der Waals surface area contributed by atoms with Crippen molar-refractivity contribution >= 4 is 5.78 Å². The maximum atomic E-state index is 12.4. The van der Waals surface area contributed by atoms with Crippen molar-refractivity contribution in [1.82, 2.24) is 0 Å². The van der Waals surface area contributed by atoms with Crippen LogP contribution in [0.25, 0.3) is 0 Å². The summed E-state index contributed by atoms with van der Waals surface area (Å²) in [5.74, 6) is 0.460. The Morgan fingerprint density at radius 3 is 2.89 bits per heavy atom. The average molecular weight is 328 g/mol.